The first-order chi connectivity index (χ1) is 16.0. The van der Waals surface area contributed by atoms with Gasteiger partial charge in [-0.15, -0.1) is 0 Å². The number of esters is 1. The van der Waals surface area contributed by atoms with Crippen LogP contribution in [0.15, 0.2) is 29.1 Å². The van der Waals surface area contributed by atoms with Crippen LogP contribution in [0.2, 0.25) is 10.2 Å². The summed E-state index contributed by atoms with van der Waals surface area (Å²) in [6.07, 6.45) is -0.168. The van der Waals surface area contributed by atoms with E-state index in [0.29, 0.717) is 46.0 Å². The normalized spacial score (nSPS) is 18.4. The summed E-state index contributed by atoms with van der Waals surface area (Å²) in [6, 6.07) is 5.85. The zero-order chi connectivity index (χ0) is 24.4. The van der Waals surface area contributed by atoms with Crippen molar-refractivity contribution in [2.24, 2.45) is 0 Å². The van der Waals surface area contributed by atoms with Crippen molar-refractivity contribution in [2.75, 3.05) is 12.4 Å². The van der Waals surface area contributed by atoms with Crippen LogP contribution in [0, 0.1) is 0 Å². The first kappa shape index (κ1) is 23.0. The molecule has 1 saturated carbocycles. The van der Waals surface area contributed by atoms with E-state index in [-0.39, 0.29) is 29.2 Å². The van der Waals surface area contributed by atoms with Crippen molar-refractivity contribution in [1.29, 1.82) is 0 Å². The fraction of sp³-hybridized carbons (Fsp3) is 0.391. The molecule has 1 aliphatic heterocycles. The molecule has 3 aromatic rings. The van der Waals surface area contributed by atoms with Gasteiger partial charge in [-0.1, -0.05) is 23.2 Å². The summed E-state index contributed by atoms with van der Waals surface area (Å²) in [5.41, 5.74) is 0.248. The minimum absolute atomic E-state index is 0.00208. The van der Waals surface area contributed by atoms with Gasteiger partial charge >= 0.3 is 5.97 Å². The Morgan fingerprint density at radius 3 is 2.65 bits per heavy atom. The highest BCUT2D eigenvalue weighted by molar-refractivity contribution is 6.31. The minimum atomic E-state index is -2.74. The van der Waals surface area contributed by atoms with Crippen molar-refractivity contribution in [3.63, 3.8) is 0 Å². The number of carbonyl (C=O) groups is 1. The lowest BCUT2D eigenvalue weighted by Gasteiger charge is -2.43. The lowest BCUT2D eigenvalue weighted by atomic mass is 9.65. The lowest BCUT2D eigenvalue weighted by Crippen LogP contribution is -2.49. The molecule has 1 atom stereocenters. The van der Waals surface area contributed by atoms with Gasteiger partial charge < -0.3 is 10.1 Å². The molecule has 1 spiro atoms. The summed E-state index contributed by atoms with van der Waals surface area (Å²) >= 11 is 12.3. The molecule has 0 unspecified atom stereocenters. The Morgan fingerprint density at radius 2 is 1.97 bits per heavy atom. The van der Waals surface area contributed by atoms with Crippen LogP contribution in [-0.2, 0) is 16.7 Å². The molecule has 1 fully saturated rings. The number of pyridine rings is 1. The average Bonchev–Trinajstić information content (AvgIpc) is 3.12. The second-order valence-corrected chi connectivity index (χ2v) is 9.73. The van der Waals surface area contributed by atoms with E-state index < -0.39 is 23.3 Å². The van der Waals surface area contributed by atoms with Gasteiger partial charge in [0.25, 0.3) is 5.56 Å². The van der Waals surface area contributed by atoms with Crippen molar-refractivity contribution < 1.29 is 18.3 Å². The second-order valence-electron chi connectivity index (χ2n) is 8.91. The van der Waals surface area contributed by atoms with Gasteiger partial charge in [-0.3, -0.25) is 9.36 Å². The van der Waals surface area contributed by atoms with E-state index >= 15 is 0 Å². The van der Waals surface area contributed by atoms with Gasteiger partial charge in [0, 0.05) is 35.4 Å². The van der Waals surface area contributed by atoms with Crippen LogP contribution in [0.4, 0.5) is 14.5 Å². The van der Waals surface area contributed by atoms with Gasteiger partial charge in [0.2, 0.25) is 5.92 Å². The number of halogens is 4. The Balaban J connectivity index is 1.61. The molecule has 0 radical (unpaired) electrons. The molecule has 2 aromatic heterocycles. The monoisotopic (exact) mass is 508 g/mol. The molecule has 178 valence electrons. The summed E-state index contributed by atoms with van der Waals surface area (Å²) in [6.45, 7) is 2.16. The van der Waals surface area contributed by atoms with Crippen LogP contribution < -0.4 is 10.9 Å². The Labute approximate surface area is 203 Å². The van der Waals surface area contributed by atoms with Crippen LogP contribution in [0.3, 0.4) is 0 Å². The number of nitrogens with zero attached hydrogens (tertiary/aromatic N) is 3. The quantitative estimate of drug-likeness (QED) is 0.388. The second kappa shape index (κ2) is 7.88. The number of methoxy groups -OCH3 is 1. The minimum Gasteiger partial charge on any atom is -0.464 e. The first-order valence-corrected chi connectivity index (χ1v) is 11.4. The summed E-state index contributed by atoms with van der Waals surface area (Å²) in [7, 11) is 1.24. The zero-order valence-corrected chi connectivity index (χ0v) is 19.8. The van der Waals surface area contributed by atoms with E-state index in [1.54, 1.807) is 25.1 Å². The number of anilines is 1. The van der Waals surface area contributed by atoms with Crippen molar-refractivity contribution in [3.8, 4) is 0 Å². The third-order valence-electron chi connectivity index (χ3n) is 6.61. The molecule has 0 bridgehead atoms. The topological polar surface area (TPSA) is 86.1 Å². The lowest BCUT2D eigenvalue weighted by molar-refractivity contribution is -0.127. The number of benzene rings is 1. The van der Waals surface area contributed by atoms with E-state index in [9.17, 15) is 18.4 Å². The maximum atomic E-state index is 13.8. The molecule has 1 N–H and O–H groups in total. The number of hydrogen-bond donors (Lipinski definition) is 1. The summed E-state index contributed by atoms with van der Waals surface area (Å²) in [5.74, 6) is -3.02. The number of nitrogens with one attached hydrogen (secondary N) is 1. The molecule has 0 amide bonds. The first-order valence-electron chi connectivity index (χ1n) is 10.7. The summed E-state index contributed by atoms with van der Waals surface area (Å²) in [4.78, 5) is 34.3. The van der Waals surface area contributed by atoms with Crippen LogP contribution in [0.25, 0.3) is 10.9 Å². The molecule has 1 aromatic carbocycles. The SMILES string of the molecule is COC(=O)c1nc(Cl)ccc1N[C@H](C)c1cc(Cl)cc2c(=O)n3c(nc12)C1(CC3)CC(F)(F)C1. The van der Waals surface area contributed by atoms with Crippen molar-refractivity contribution in [1.82, 2.24) is 14.5 Å². The maximum Gasteiger partial charge on any atom is 0.358 e. The number of carbonyl (C=O) groups excluding carboxylic acids is 1. The summed E-state index contributed by atoms with van der Waals surface area (Å²) < 4.78 is 33.9. The maximum absolute atomic E-state index is 13.8. The number of hydrogen-bond acceptors (Lipinski definition) is 6. The molecule has 5 rings (SSSR count). The third kappa shape index (κ3) is 3.62. The van der Waals surface area contributed by atoms with Crippen molar-refractivity contribution >= 4 is 45.8 Å². The Morgan fingerprint density at radius 1 is 1.24 bits per heavy atom. The predicted molar refractivity (Wildman–Crippen MR) is 124 cm³/mol. The van der Waals surface area contributed by atoms with Crippen LogP contribution >= 0.6 is 23.2 Å². The number of fused-ring (bicyclic) bond motifs is 3. The highest BCUT2D eigenvalue weighted by Gasteiger charge is 2.61. The largest absolute Gasteiger partial charge is 0.464 e. The van der Waals surface area contributed by atoms with Crippen molar-refractivity contribution in [2.45, 2.75) is 50.1 Å². The van der Waals surface area contributed by atoms with E-state index in [2.05, 4.69) is 10.3 Å². The highest BCUT2D eigenvalue weighted by atomic mass is 35.5. The van der Waals surface area contributed by atoms with Gasteiger partial charge in [-0.05, 0) is 37.6 Å². The van der Waals surface area contributed by atoms with Gasteiger partial charge in [0.1, 0.15) is 11.0 Å². The van der Waals surface area contributed by atoms with Gasteiger partial charge in [-0.25, -0.2) is 23.5 Å². The number of aromatic nitrogens is 3. The Hall–Kier alpha value is -2.78. The molecule has 2 aliphatic rings. The van der Waals surface area contributed by atoms with Crippen LogP contribution in [-0.4, -0.2) is 33.5 Å². The van der Waals surface area contributed by atoms with E-state index in [1.807, 2.05) is 0 Å². The third-order valence-corrected chi connectivity index (χ3v) is 7.04. The van der Waals surface area contributed by atoms with Gasteiger partial charge in [0.15, 0.2) is 5.69 Å². The Bertz CT molecular complexity index is 1400. The smallest absolute Gasteiger partial charge is 0.358 e. The molecule has 34 heavy (non-hydrogen) atoms. The average molecular weight is 509 g/mol. The van der Waals surface area contributed by atoms with E-state index in [4.69, 9.17) is 32.9 Å². The number of ether oxygens (including phenoxy) is 1. The summed E-state index contributed by atoms with van der Waals surface area (Å²) in [5, 5.41) is 3.96. The molecular formula is C23H20Cl2F2N4O3. The van der Waals surface area contributed by atoms with Gasteiger partial charge in [0.05, 0.1) is 29.7 Å². The van der Waals surface area contributed by atoms with E-state index in [0.717, 1.165) is 0 Å². The highest BCUT2D eigenvalue weighted by Crippen LogP contribution is 2.57. The van der Waals surface area contributed by atoms with Gasteiger partial charge in [-0.2, -0.15) is 0 Å². The van der Waals surface area contributed by atoms with E-state index in [1.165, 1.54) is 17.7 Å². The molecule has 0 saturated heterocycles. The molecule has 7 nitrogen and oxygen atoms in total. The molecular weight excluding hydrogens is 489 g/mol. The standard InChI is InChI=1S/C23H20Cl2F2N4O3/c1-11(28-15-3-4-16(25)29-18(15)20(33)34-2)13-7-12(24)8-14-17(13)30-21-22(9-23(26,27)10-22)5-6-31(21)19(14)32/h3-4,7-8,11,28H,5-6,9-10H2,1-2H3/t11-/m1/s1. The van der Waals surface area contributed by atoms with Crippen molar-refractivity contribution in [3.05, 3.63) is 61.9 Å². The zero-order valence-electron chi connectivity index (χ0n) is 18.3. The molecule has 3 heterocycles. The van der Waals surface area contributed by atoms with Crippen LogP contribution in [0.5, 0.6) is 0 Å². The number of rotatable bonds is 4. The fourth-order valence-corrected chi connectivity index (χ4v) is 5.46. The Kier molecular flexibility index (Phi) is 5.33. The predicted octanol–water partition coefficient (Wildman–Crippen LogP) is 5.13. The molecule has 1 aliphatic carbocycles. The number of alkyl halides is 2. The fourth-order valence-electron chi connectivity index (χ4n) is 5.08. The van der Waals surface area contributed by atoms with Crippen LogP contribution in [0.1, 0.15) is 54.1 Å². The molecule has 11 heteroatoms.